The first kappa shape index (κ1) is 35.8. The first-order valence-corrected chi connectivity index (χ1v) is 5.01. The monoisotopic (exact) mass is 427 g/mol. The van der Waals surface area contributed by atoms with Crippen molar-refractivity contribution in [3.63, 3.8) is 0 Å². The van der Waals surface area contributed by atoms with Crippen molar-refractivity contribution in [1.29, 1.82) is 0 Å². The van der Waals surface area contributed by atoms with Crippen LogP contribution in [-0.4, -0.2) is 79.9 Å². The molecular formula is C7H8B3F13KO-3. The fraction of sp³-hybridized carbons (Fsp3) is 0. The van der Waals surface area contributed by atoms with E-state index < -0.39 is 21.8 Å². The SMILES string of the molecule is C=O.F[B-](F)(F)F.F[B-](F)(F)F.F[B-](F)(F)F.Fc1ccccc1.[KH]. The summed E-state index contributed by atoms with van der Waals surface area (Å²) < 4.78 is 129. The number of hydrogen-bond donors (Lipinski definition) is 0. The zero-order valence-electron chi connectivity index (χ0n) is 11.1. The average Bonchev–Trinajstić information content (AvgIpc) is 2.25. The van der Waals surface area contributed by atoms with E-state index >= 15 is 0 Å². The number of carbonyl (C=O) groups is 1. The van der Waals surface area contributed by atoms with E-state index in [9.17, 15) is 56.2 Å². The quantitative estimate of drug-likeness (QED) is 0.426. The van der Waals surface area contributed by atoms with Crippen LogP contribution < -0.4 is 0 Å². The summed E-state index contributed by atoms with van der Waals surface area (Å²) >= 11 is 0. The van der Waals surface area contributed by atoms with Gasteiger partial charge in [0.05, 0.1) is 0 Å². The normalized spacial score (nSPS) is 9.80. The van der Waals surface area contributed by atoms with Gasteiger partial charge in [0.25, 0.3) is 0 Å². The van der Waals surface area contributed by atoms with Crippen molar-refractivity contribution in [1.82, 2.24) is 0 Å². The molecular weight excluding hydrogens is 419 g/mol. The molecule has 0 saturated heterocycles. The van der Waals surface area contributed by atoms with Gasteiger partial charge in [0.15, 0.2) is 0 Å². The topological polar surface area (TPSA) is 17.1 Å². The summed E-state index contributed by atoms with van der Waals surface area (Å²) in [4.78, 5) is 8.00. The molecule has 0 radical (unpaired) electrons. The van der Waals surface area contributed by atoms with E-state index in [0.717, 1.165) is 0 Å². The first-order valence-electron chi connectivity index (χ1n) is 5.01. The Hall–Kier alpha value is -0.189. The fourth-order valence-corrected chi connectivity index (χ4v) is 0.415. The Kier molecular flexibility index (Phi) is 26.7. The zero-order chi connectivity index (χ0) is 20.6. The molecule has 0 amide bonds. The molecule has 0 bridgehead atoms. The van der Waals surface area contributed by atoms with Gasteiger partial charge in [-0.1, -0.05) is 18.2 Å². The molecule has 1 aromatic carbocycles. The predicted octanol–water partition coefficient (Wildman–Crippen LogP) is 4.89. The third kappa shape index (κ3) is 186. The maximum atomic E-state index is 11.9. The van der Waals surface area contributed by atoms with E-state index in [2.05, 4.69) is 0 Å². The number of halogens is 13. The van der Waals surface area contributed by atoms with Gasteiger partial charge in [0.1, 0.15) is 12.6 Å². The van der Waals surface area contributed by atoms with E-state index in [0.29, 0.717) is 0 Å². The van der Waals surface area contributed by atoms with Gasteiger partial charge >= 0.3 is 73.1 Å². The second-order valence-electron chi connectivity index (χ2n) is 2.78. The zero-order valence-corrected chi connectivity index (χ0v) is 11.1. The molecule has 146 valence electrons. The molecule has 0 spiro atoms. The minimum atomic E-state index is -6.00. The maximum absolute atomic E-state index is 11.9. The molecule has 0 aliphatic carbocycles. The van der Waals surface area contributed by atoms with Gasteiger partial charge in [-0.25, -0.2) is 4.39 Å². The van der Waals surface area contributed by atoms with Gasteiger partial charge < -0.3 is 56.6 Å². The van der Waals surface area contributed by atoms with Gasteiger partial charge in [-0.05, 0) is 12.1 Å². The third-order valence-corrected chi connectivity index (χ3v) is 0.733. The molecule has 0 aromatic heterocycles. The molecule has 0 N–H and O–H groups in total. The summed E-state index contributed by atoms with van der Waals surface area (Å²) in [7, 11) is -18.0. The third-order valence-electron chi connectivity index (χ3n) is 0.733. The summed E-state index contributed by atoms with van der Waals surface area (Å²) in [5.41, 5.74) is 0. The van der Waals surface area contributed by atoms with E-state index in [4.69, 9.17) is 4.79 Å². The molecule has 0 fully saturated rings. The Labute approximate surface area is 176 Å². The van der Waals surface area contributed by atoms with Gasteiger partial charge in [-0.3, -0.25) is 0 Å². The average molecular weight is 427 g/mol. The summed E-state index contributed by atoms with van der Waals surface area (Å²) in [5, 5.41) is 0. The Morgan fingerprint density at radius 1 is 0.560 bits per heavy atom. The van der Waals surface area contributed by atoms with E-state index in [1.54, 1.807) is 18.2 Å². The number of hydrogen-bond acceptors (Lipinski definition) is 1. The minimum absolute atomic E-state index is 0. The van der Waals surface area contributed by atoms with Crippen molar-refractivity contribution in [3.8, 4) is 0 Å². The van der Waals surface area contributed by atoms with Crippen LogP contribution >= 0.6 is 0 Å². The molecule has 0 atom stereocenters. The molecule has 1 aromatic rings. The van der Waals surface area contributed by atoms with Crippen molar-refractivity contribution in [2.75, 3.05) is 0 Å². The fourth-order valence-electron chi connectivity index (χ4n) is 0.415. The second kappa shape index (κ2) is 18.6. The first-order chi connectivity index (χ1) is 10.4. The standard InChI is InChI=1S/C6H5F.CH2O.3BF4.K.H/c7-6-4-2-1-3-5-6;1-2;3*2-1(3,4)5;;/h1-5H;1H2;;;;;/q;;3*-1;;. The second-order valence-corrected chi connectivity index (χ2v) is 2.78. The Morgan fingerprint density at radius 2 is 0.720 bits per heavy atom. The van der Waals surface area contributed by atoms with E-state index in [-0.39, 0.29) is 57.2 Å². The molecule has 25 heavy (non-hydrogen) atoms. The van der Waals surface area contributed by atoms with Crippen molar-refractivity contribution < 1.29 is 61.0 Å². The van der Waals surface area contributed by atoms with Crippen LogP contribution in [0.2, 0.25) is 0 Å². The van der Waals surface area contributed by atoms with Crippen LogP contribution in [0.25, 0.3) is 0 Å². The number of benzene rings is 1. The molecule has 0 heterocycles. The van der Waals surface area contributed by atoms with Crippen molar-refractivity contribution in [2.24, 2.45) is 0 Å². The van der Waals surface area contributed by atoms with E-state index in [1.807, 2.05) is 6.79 Å². The van der Waals surface area contributed by atoms with Crippen LogP contribution in [-0.2, 0) is 4.79 Å². The molecule has 18 heteroatoms. The van der Waals surface area contributed by atoms with Crippen LogP contribution in [0.15, 0.2) is 30.3 Å². The number of carbonyl (C=O) groups excluding carboxylic acids is 1. The van der Waals surface area contributed by atoms with Gasteiger partial charge in [0.2, 0.25) is 0 Å². The Bertz CT molecular complexity index is 335. The molecule has 0 saturated carbocycles. The summed E-state index contributed by atoms with van der Waals surface area (Å²) in [6, 6.07) is 7.94. The van der Waals surface area contributed by atoms with E-state index in [1.165, 1.54) is 12.1 Å². The summed E-state index contributed by atoms with van der Waals surface area (Å²) in [6.45, 7) is 2.00. The summed E-state index contributed by atoms with van der Waals surface area (Å²) in [5.74, 6) is -0.178. The molecule has 0 aliphatic heterocycles. The molecule has 0 unspecified atom stereocenters. The van der Waals surface area contributed by atoms with Gasteiger partial charge in [-0.2, -0.15) is 0 Å². The van der Waals surface area contributed by atoms with Crippen LogP contribution in [0.1, 0.15) is 0 Å². The molecule has 0 aliphatic rings. The Morgan fingerprint density at radius 3 is 0.800 bits per heavy atom. The van der Waals surface area contributed by atoms with Crippen molar-refractivity contribution >= 4 is 79.9 Å². The van der Waals surface area contributed by atoms with Crippen LogP contribution in [0, 0.1) is 5.82 Å². The Balaban J connectivity index is -0.0000000688. The van der Waals surface area contributed by atoms with Gasteiger partial charge in [0, 0.05) is 0 Å². The van der Waals surface area contributed by atoms with Crippen LogP contribution in [0.5, 0.6) is 0 Å². The molecule has 1 nitrogen and oxygen atoms in total. The number of rotatable bonds is 0. The predicted molar refractivity (Wildman–Crippen MR) is 71.2 cm³/mol. The molecule has 1 rings (SSSR count). The summed E-state index contributed by atoms with van der Waals surface area (Å²) in [6.07, 6.45) is 0. The van der Waals surface area contributed by atoms with Crippen molar-refractivity contribution in [3.05, 3.63) is 36.1 Å². The van der Waals surface area contributed by atoms with Gasteiger partial charge in [-0.15, -0.1) is 0 Å². The van der Waals surface area contributed by atoms with Crippen LogP contribution in [0.4, 0.5) is 56.2 Å². The van der Waals surface area contributed by atoms with Crippen molar-refractivity contribution in [2.45, 2.75) is 0 Å². The van der Waals surface area contributed by atoms with Crippen LogP contribution in [0.3, 0.4) is 0 Å².